The number of aromatic carboxylic acids is 1. The predicted octanol–water partition coefficient (Wildman–Crippen LogP) is 3.52. The molecule has 0 saturated heterocycles. The predicted molar refractivity (Wildman–Crippen MR) is 121 cm³/mol. The van der Waals surface area contributed by atoms with Crippen molar-refractivity contribution in [1.29, 1.82) is 0 Å². The van der Waals surface area contributed by atoms with E-state index >= 15 is 0 Å². The molecule has 0 aliphatic heterocycles. The van der Waals surface area contributed by atoms with Crippen molar-refractivity contribution in [2.75, 3.05) is 14.2 Å². The van der Waals surface area contributed by atoms with Gasteiger partial charge >= 0.3 is 5.97 Å². The summed E-state index contributed by atoms with van der Waals surface area (Å²) in [6.07, 6.45) is 5.65. The number of fused-ring (bicyclic) bond motifs is 1. The number of aromatic nitrogens is 3. The summed E-state index contributed by atoms with van der Waals surface area (Å²) in [5.41, 5.74) is 2.31. The van der Waals surface area contributed by atoms with E-state index in [1.54, 1.807) is 37.2 Å². The molecule has 1 aromatic carbocycles. The van der Waals surface area contributed by atoms with Crippen LogP contribution in [0.25, 0.3) is 11.0 Å². The molecule has 2 N–H and O–H groups in total. The van der Waals surface area contributed by atoms with Crippen molar-refractivity contribution < 1.29 is 29.2 Å². The zero-order valence-electron chi connectivity index (χ0n) is 19.0. The van der Waals surface area contributed by atoms with Gasteiger partial charge < -0.3 is 24.4 Å². The number of hydrogen-bond donors (Lipinski definition) is 2. The van der Waals surface area contributed by atoms with E-state index in [4.69, 9.17) is 14.2 Å². The van der Waals surface area contributed by atoms with Gasteiger partial charge in [-0.25, -0.2) is 4.79 Å². The summed E-state index contributed by atoms with van der Waals surface area (Å²) in [6, 6.07) is 5.00. The van der Waals surface area contributed by atoms with Gasteiger partial charge in [0.05, 0.1) is 38.6 Å². The molecule has 2 heterocycles. The second kappa shape index (κ2) is 9.76. The maximum absolute atomic E-state index is 11.6. The number of hydrogen-bond acceptors (Lipinski definition) is 7. The first-order valence-electron chi connectivity index (χ1n) is 11.0. The van der Waals surface area contributed by atoms with E-state index in [1.165, 1.54) is 12.3 Å². The van der Waals surface area contributed by atoms with E-state index < -0.39 is 18.2 Å². The van der Waals surface area contributed by atoms with Crippen LogP contribution in [0.5, 0.6) is 11.5 Å². The SMILES string of the molecule is COc1cc(C(O)C(Cn2cc3nccc(C(=O)O)c3n2)OC2CCCC2)cc(OC)c1C. The molecule has 4 rings (SSSR count). The van der Waals surface area contributed by atoms with Gasteiger partial charge in [-0.05, 0) is 43.5 Å². The van der Waals surface area contributed by atoms with Gasteiger partial charge in [-0.3, -0.25) is 9.67 Å². The quantitative estimate of drug-likeness (QED) is 0.504. The van der Waals surface area contributed by atoms with E-state index in [-0.39, 0.29) is 18.2 Å². The highest BCUT2D eigenvalue weighted by Gasteiger charge is 2.29. The van der Waals surface area contributed by atoms with E-state index in [1.807, 2.05) is 6.92 Å². The molecular weight excluding hydrogens is 426 g/mol. The summed E-state index contributed by atoms with van der Waals surface area (Å²) in [7, 11) is 3.15. The highest BCUT2D eigenvalue weighted by molar-refractivity contribution is 6.00. The van der Waals surface area contributed by atoms with E-state index in [0.29, 0.717) is 28.1 Å². The molecule has 1 fully saturated rings. The van der Waals surface area contributed by atoms with Crippen molar-refractivity contribution >= 4 is 17.0 Å². The third kappa shape index (κ3) is 4.79. The molecule has 0 radical (unpaired) electrons. The van der Waals surface area contributed by atoms with Crippen molar-refractivity contribution in [3.63, 3.8) is 0 Å². The Bertz CT molecular complexity index is 1110. The van der Waals surface area contributed by atoms with Crippen molar-refractivity contribution in [3.8, 4) is 11.5 Å². The Kier molecular flexibility index (Phi) is 6.80. The van der Waals surface area contributed by atoms with Crippen LogP contribution >= 0.6 is 0 Å². The Balaban J connectivity index is 1.68. The fourth-order valence-electron chi connectivity index (χ4n) is 4.40. The van der Waals surface area contributed by atoms with Crippen molar-refractivity contribution in [3.05, 3.63) is 47.3 Å². The number of carboxylic acids is 1. The Morgan fingerprint density at radius 1 is 1.21 bits per heavy atom. The standard InChI is InChI=1S/C24H29N3O6/c1-14-19(31-2)10-15(11-20(14)32-3)23(28)21(33-16-6-4-5-7-16)13-27-12-18-22(26-27)17(24(29)30)8-9-25-18/h8-12,16,21,23,28H,4-7,13H2,1-3H3,(H,29,30). The number of aliphatic hydroxyl groups is 1. The largest absolute Gasteiger partial charge is 0.496 e. The first-order chi connectivity index (χ1) is 15.9. The lowest BCUT2D eigenvalue weighted by Crippen LogP contribution is -2.31. The average Bonchev–Trinajstić information content (AvgIpc) is 3.47. The lowest BCUT2D eigenvalue weighted by atomic mass is 10.0. The summed E-state index contributed by atoms with van der Waals surface area (Å²) in [6.45, 7) is 2.12. The number of carboxylic acid groups (broad SMARTS) is 1. The first-order valence-corrected chi connectivity index (χ1v) is 11.0. The number of benzene rings is 1. The lowest BCUT2D eigenvalue weighted by molar-refractivity contribution is -0.0845. The molecule has 1 aliphatic rings. The number of aliphatic hydroxyl groups excluding tert-OH is 1. The van der Waals surface area contributed by atoms with Gasteiger partial charge in [0, 0.05) is 11.8 Å². The van der Waals surface area contributed by atoms with E-state index in [0.717, 1.165) is 31.2 Å². The van der Waals surface area contributed by atoms with Gasteiger partial charge in [-0.1, -0.05) is 12.8 Å². The molecule has 9 heteroatoms. The van der Waals surface area contributed by atoms with Crippen LogP contribution in [0.15, 0.2) is 30.6 Å². The number of rotatable bonds is 9. The fraction of sp³-hybridized carbons (Fsp3) is 0.458. The van der Waals surface area contributed by atoms with Gasteiger partial charge in [-0.2, -0.15) is 5.10 Å². The minimum absolute atomic E-state index is 0.0524. The molecule has 2 unspecified atom stereocenters. The van der Waals surface area contributed by atoms with E-state index in [9.17, 15) is 15.0 Å². The Morgan fingerprint density at radius 2 is 1.88 bits per heavy atom. The zero-order chi connectivity index (χ0) is 23.5. The summed E-state index contributed by atoms with van der Waals surface area (Å²) in [5.74, 6) is 0.163. The Labute approximate surface area is 191 Å². The number of methoxy groups -OCH3 is 2. The van der Waals surface area contributed by atoms with Crippen LogP contribution in [0.3, 0.4) is 0 Å². The van der Waals surface area contributed by atoms with Crippen LogP contribution in [-0.4, -0.2) is 57.4 Å². The lowest BCUT2D eigenvalue weighted by Gasteiger charge is -2.27. The van der Waals surface area contributed by atoms with Gasteiger partial charge in [0.15, 0.2) is 0 Å². The van der Waals surface area contributed by atoms with Crippen LogP contribution in [0, 0.1) is 6.92 Å². The number of ether oxygens (including phenoxy) is 3. The van der Waals surface area contributed by atoms with E-state index in [2.05, 4.69) is 10.1 Å². The van der Waals surface area contributed by atoms with Crippen molar-refractivity contribution in [2.45, 2.75) is 57.5 Å². The van der Waals surface area contributed by atoms with Crippen molar-refractivity contribution in [2.24, 2.45) is 0 Å². The minimum Gasteiger partial charge on any atom is -0.496 e. The Morgan fingerprint density at radius 3 is 2.48 bits per heavy atom. The van der Waals surface area contributed by atoms with Crippen LogP contribution < -0.4 is 9.47 Å². The van der Waals surface area contributed by atoms with Crippen LogP contribution in [-0.2, 0) is 11.3 Å². The first kappa shape index (κ1) is 23.0. The monoisotopic (exact) mass is 455 g/mol. The number of pyridine rings is 1. The topological polar surface area (TPSA) is 116 Å². The maximum atomic E-state index is 11.6. The normalized spacial score (nSPS) is 16.1. The maximum Gasteiger partial charge on any atom is 0.338 e. The average molecular weight is 456 g/mol. The van der Waals surface area contributed by atoms with Gasteiger partial charge in [0.25, 0.3) is 0 Å². The molecule has 2 aromatic heterocycles. The highest BCUT2D eigenvalue weighted by atomic mass is 16.5. The van der Waals surface area contributed by atoms with Crippen LogP contribution in [0.1, 0.15) is 53.3 Å². The molecular formula is C24H29N3O6. The molecule has 33 heavy (non-hydrogen) atoms. The van der Waals surface area contributed by atoms with Gasteiger partial charge in [0.2, 0.25) is 0 Å². The second-order valence-electron chi connectivity index (χ2n) is 8.32. The molecule has 9 nitrogen and oxygen atoms in total. The number of carbonyl (C=O) groups is 1. The summed E-state index contributed by atoms with van der Waals surface area (Å²) < 4.78 is 18.9. The summed E-state index contributed by atoms with van der Waals surface area (Å²) in [4.78, 5) is 15.8. The third-order valence-corrected chi connectivity index (χ3v) is 6.19. The summed E-state index contributed by atoms with van der Waals surface area (Å²) >= 11 is 0. The van der Waals surface area contributed by atoms with Gasteiger partial charge in [0.1, 0.15) is 34.7 Å². The number of nitrogens with zero attached hydrogens (tertiary/aromatic N) is 3. The Hall–Kier alpha value is -3.17. The fourth-order valence-corrected chi connectivity index (χ4v) is 4.40. The summed E-state index contributed by atoms with van der Waals surface area (Å²) in [5, 5.41) is 25.3. The minimum atomic E-state index is -1.06. The molecule has 1 saturated carbocycles. The molecule has 1 aliphatic carbocycles. The highest BCUT2D eigenvalue weighted by Crippen LogP contribution is 2.35. The molecule has 0 bridgehead atoms. The third-order valence-electron chi connectivity index (χ3n) is 6.19. The van der Waals surface area contributed by atoms with Crippen LogP contribution in [0.2, 0.25) is 0 Å². The molecule has 2 atom stereocenters. The molecule has 3 aromatic rings. The molecule has 176 valence electrons. The smallest absolute Gasteiger partial charge is 0.338 e. The van der Waals surface area contributed by atoms with Crippen molar-refractivity contribution in [1.82, 2.24) is 14.8 Å². The molecule has 0 amide bonds. The zero-order valence-corrected chi connectivity index (χ0v) is 19.0. The second-order valence-corrected chi connectivity index (χ2v) is 8.32. The van der Waals surface area contributed by atoms with Gasteiger partial charge in [-0.15, -0.1) is 0 Å². The van der Waals surface area contributed by atoms with Crippen LogP contribution in [0.4, 0.5) is 0 Å². The molecule has 0 spiro atoms.